The van der Waals surface area contributed by atoms with E-state index in [9.17, 15) is 0 Å². The molecule has 0 aromatic rings. The van der Waals surface area contributed by atoms with Crippen molar-refractivity contribution >= 4 is 11.6 Å². The predicted molar refractivity (Wildman–Crippen MR) is 58.4 cm³/mol. The molecule has 0 aliphatic carbocycles. The first kappa shape index (κ1) is 11.8. The molecule has 80 valence electrons. The third kappa shape index (κ3) is 3.83. The van der Waals surface area contributed by atoms with Gasteiger partial charge in [0, 0.05) is 32.7 Å². The van der Waals surface area contributed by atoms with Gasteiger partial charge >= 0.3 is 0 Å². The van der Waals surface area contributed by atoms with E-state index in [1.54, 1.807) is 0 Å². The van der Waals surface area contributed by atoms with E-state index in [0.717, 1.165) is 26.2 Å². The Morgan fingerprint density at radius 1 is 1.29 bits per heavy atom. The van der Waals surface area contributed by atoms with Crippen LogP contribution in [0.25, 0.3) is 0 Å². The normalized spacial score (nSPS) is 21.8. The van der Waals surface area contributed by atoms with Crippen LogP contribution in [0.2, 0.25) is 0 Å². The second-order valence-electron chi connectivity index (χ2n) is 3.74. The molecule has 0 N–H and O–H groups in total. The molecule has 1 atom stereocenters. The zero-order valence-corrected chi connectivity index (χ0v) is 9.50. The summed E-state index contributed by atoms with van der Waals surface area (Å²) in [6.07, 6.45) is 1.22. The largest absolute Gasteiger partial charge is 0.301 e. The van der Waals surface area contributed by atoms with Crippen molar-refractivity contribution in [3.8, 4) is 6.07 Å². The molecule has 0 aromatic heterocycles. The number of rotatable bonds is 4. The zero-order valence-electron chi connectivity index (χ0n) is 8.75. The molecule has 1 rings (SSSR count). The molecule has 0 saturated carbocycles. The average Bonchev–Trinajstić information content (AvgIpc) is 2.21. The maximum absolute atomic E-state index is 8.58. The fourth-order valence-electron chi connectivity index (χ4n) is 1.78. The lowest BCUT2D eigenvalue weighted by molar-refractivity contribution is 0.135. The Labute approximate surface area is 91.2 Å². The van der Waals surface area contributed by atoms with Gasteiger partial charge in [0.05, 0.1) is 6.07 Å². The standard InChI is InChI=1S/C10H18ClN3/c1-2-3-13-4-6-14(7-5-13)9-10(11)8-12/h10H,2-7,9H2,1H3. The van der Waals surface area contributed by atoms with Gasteiger partial charge in [-0.25, -0.2) is 0 Å². The summed E-state index contributed by atoms with van der Waals surface area (Å²) in [5.74, 6) is 0. The van der Waals surface area contributed by atoms with Crippen LogP contribution < -0.4 is 0 Å². The van der Waals surface area contributed by atoms with Gasteiger partial charge in [-0.2, -0.15) is 5.26 Å². The highest BCUT2D eigenvalue weighted by Gasteiger charge is 2.17. The highest BCUT2D eigenvalue weighted by Crippen LogP contribution is 2.05. The molecule has 1 saturated heterocycles. The molecular formula is C10H18ClN3. The van der Waals surface area contributed by atoms with Crippen molar-refractivity contribution in [1.82, 2.24) is 9.80 Å². The quantitative estimate of drug-likeness (QED) is 0.659. The van der Waals surface area contributed by atoms with Crippen molar-refractivity contribution in [2.45, 2.75) is 18.7 Å². The van der Waals surface area contributed by atoms with Gasteiger partial charge in [0.2, 0.25) is 0 Å². The van der Waals surface area contributed by atoms with Gasteiger partial charge in [-0.15, -0.1) is 11.6 Å². The Balaban J connectivity index is 2.19. The Kier molecular flexibility index (Phi) is 5.24. The molecule has 3 nitrogen and oxygen atoms in total. The lowest BCUT2D eigenvalue weighted by Gasteiger charge is -2.34. The first-order valence-electron chi connectivity index (χ1n) is 5.24. The number of halogens is 1. The maximum atomic E-state index is 8.58. The summed E-state index contributed by atoms with van der Waals surface area (Å²) in [7, 11) is 0. The minimum atomic E-state index is -0.354. The molecule has 0 spiro atoms. The predicted octanol–water partition coefficient (Wildman–Crippen LogP) is 1.14. The molecule has 4 heteroatoms. The molecular weight excluding hydrogens is 198 g/mol. The van der Waals surface area contributed by atoms with Gasteiger partial charge in [0.1, 0.15) is 5.38 Å². The topological polar surface area (TPSA) is 30.3 Å². The van der Waals surface area contributed by atoms with Crippen molar-refractivity contribution in [2.24, 2.45) is 0 Å². The van der Waals surface area contributed by atoms with Gasteiger partial charge in [-0.1, -0.05) is 6.92 Å². The van der Waals surface area contributed by atoms with Crippen LogP contribution in [0.4, 0.5) is 0 Å². The van der Waals surface area contributed by atoms with E-state index in [4.69, 9.17) is 16.9 Å². The van der Waals surface area contributed by atoms with Gasteiger partial charge in [0.25, 0.3) is 0 Å². The van der Waals surface area contributed by atoms with Crippen LogP contribution in [0.15, 0.2) is 0 Å². The smallest absolute Gasteiger partial charge is 0.133 e. The molecule has 1 aliphatic rings. The van der Waals surface area contributed by atoms with E-state index in [0.29, 0.717) is 6.54 Å². The summed E-state index contributed by atoms with van der Waals surface area (Å²) >= 11 is 5.78. The van der Waals surface area contributed by atoms with Crippen LogP contribution in [0.5, 0.6) is 0 Å². The number of nitrogens with zero attached hydrogens (tertiary/aromatic N) is 3. The Hall–Kier alpha value is -0.300. The van der Waals surface area contributed by atoms with Gasteiger partial charge < -0.3 is 4.90 Å². The second-order valence-corrected chi connectivity index (χ2v) is 4.27. The Bertz CT molecular complexity index is 194. The zero-order chi connectivity index (χ0) is 10.4. The Morgan fingerprint density at radius 3 is 2.36 bits per heavy atom. The number of alkyl halides is 1. The maximum Gasteiger partial charge on any atom is 0.133 e. The number of nitriles is 1. The molecule has 0 aromatic carbocycles. The van der Waals surface area contributed by atoms with E-state index in [1.807, 2.05) is 0 Å². The monoisotopic (exact) mass is 215 g/mol. The number of hydrogen-bond donors (Lipinski definition) is 0. The molecule has 1 heterocycles. The fraction of sp³-hybridized carbons (Fsp3) is 0.900. The van der Waals surface area contributed by atoms with Crippen LogP contribution in [-0.4, -0.2) is 54.4 Å². The molecule has 0 radical (unpaired) electrons. The highest BCUT2D eigenvalue weighted by atomic mass is 35.5. The van der Waals surface area contributed by atoms with E-state index >= 15 is 0 Å². The summed E-state index contributed by atoms with van der Waals surface area (Å²) in [4.78, 5) is 4.74. The van der Waals surface area contributed by atoms with Gasteiger partial charge in [-0.05, 0) is 13.0 Å². The first-order valence-corrected chi connectivity index (χ1v) is 5.68. The van der Waals surface area contributed by atoms with Crippen LogP contribution in [0.3, 0.4) is 0 Å². The van der Waals surface area contributed by atoms with Crippen LogP contribution >= 0.6 is 11.6 Å². The van der Waals surface area contributed by atoms with Gasteiger partial charge in [0.15, 0.2) is 0 Å². The first-order chi connectivity index (χ1) is 6.76. The Morgan fingerprint density at radius 2 is 1.86 bits per heavy atom. The third-order valence-electron chi connectivity index (χ3n) is 2.56. The molecule has 14 heavy (non-hydrogen) atoms. The summed E-state index contributed by atoms with van der Waals surface area (Å²) in [6.45, 7) is 8.42. The second kappa shape index (κ2) is 6.23. The van der Waals surface area contributed by atoms with E-state index in [2.05, 4.69) is 22.8 Å². The van der Waals surface area contributed by atoms with Crippen LogP contribution in [0, 0.1) is 11.3 Å². The summed E-state index contributed by atoms with van der Waals surface area (Å²) in [5, 5.41) is 8.23. The third-order valence-corrected chi connectivity index (χ3v) is 2.80. The average molecular weight is 216 g/mol. The summed E-state index contributed by atoms with van der Waals surface area (Å²) in [5.41, 5.74) is 0. The van der Waals surface area contributed by atoms with E-state index in [-0.39, 0.29) is 5.38 Å². The molecule has 1 fully saturated rings. The minimum absolute atomic E-state index is 0.354. The summed E-state index contributed by atoms with van der Waals surface area (Å²) in [6, 6.07) is 2.06. The molecule has 0 bridgehead atoms. The molecule has 1 unspecified atom stereocenters. The lowest BCUT2D eigenvalue weighted by Crippen LogP contribution is -2.47. The van der Waals surface area contributed by atoms with Crippen LogP contribution in [-0.2, 0) is 0 Å². The highest BCUT2D eigenvalue weighted by molar-refractivity contribution is 6.22. The fourth-order valence-corrected chi connectivity index (χ4v) is 1.97. The van der Waals surface area contributed by atoms with Crippen molar-refractivity contribution in [3.63, 3.8) is 0 Å². The van der Waals surface area contributed by atoms with Gasteiger partial charge in [-0.3, -0.25) is 4.90 Å². The van der Waals surface area contributed by atoms with Crippen molar-refractivity contribution in [3.05, 3.63) is 0 Å². The SMILES string of the molecule is CCCN1CCN(CC(Cl)C#N)CC1. The van der Waals surface area contributed by atoms with E-state index < -0.39 is 0 Å². The molecule has 1 aliphatic heterocycles. The minimum Gasteiger partial charge on any atom is -0.301 e. The number of hydrogen-bond acceptors (Lipinski definition) is 3. The molecule has 0 amide bonds. The summed E-state index contributed by atoms with van der Waals surface area (Å²) < 4.78 is 0. The van der Waals surface area contributed by atoms with Crippen molar-refractivity contribution in [1.29, 1.82) is 5.26 Å². The van der Waals surface area contributed by atoms with Crippen LogP contribution in [0.1, 0.15) is 13.3 Å². The van der Waals surface area contributed by atoms with Crippen molar-refractivity contribution < 1.29 is 0 Å². The number of piperazine rings is 1. The van der Waals surface area contributed by atoms with E-state index in [1.165, 1.54) is 13.0 Å². The van der Waals surface area contributed by atoms with Crippen molar-refractivity contribution in [2.75, 3.05) is 39.3 Å². The lowest BCUT2D eigenvalue weighted by atomic mass is 10.3.